The Morgan fingerprint density at radius 2 is 2.24 bits per heavy atom. The number of β-lactam (4-membered cyclic amide) rings is 1. The maximum absolute atomic E-state index is 11.8. The molecular formula is C11H13NO5. The summed E-state index contributed by atoms with van der Waals surface area (Å²) < 4.78 is 4.97. The minimum Gasteiger partial charge on any atom is -0.477 e. The first-order valence-corrected chi connectivity index (χ1v) is 5.37. The zero-order valence-electron chi connectivity index (χ0n) is 9.54. The second-order valence-corrected chi connectivity index (χ2v) is 4.25. The third-order valence-electron chi connectivity index (χ3n) is 3.16. The van der Waals surface area contributed by atoms with Gasteiger partial charge in [0.1, 0.15) is 11.8 Å². The second kappa shape index (κ2) is 3.87. The van der Waals surface area contributed by atoms with Crippen molar-refractivity contribution in [2.45, 2.75) is 32.4 Å². The van der Waals surface area contributed by atoms with Gasteiger partial charge in [-0.3, -0.25) is 9.59 Å². The molecule has 0 aromatic carbocycles. The van der Waals surface area contributed by atoms with E-state index in [4.69, 9.17) is 9.84 Å². The van der Waals surface area contributed by atoms with E-state index in [0.717, 1.165) is 0 Å². The standard InChI is InChI=1S/C11H13NO5/c1-5(17-6(2)13)9-7-3-4-8(11(15)16)12(7)10(9)14/h4-5,7,9H,3H2,1-2H3,(H,15,16). The molecule has 1 N–H and O–H groups in total. The zero-order chi connectivity index (χ0) is 12.7. The van der Waals surface area contributed by atoms with Crippen molar-refractivity contribution in [3.63, 3.8) is 0 Å². The van der Waals surface area contributed by atoms with E-state index >= 15 is 0 Å². The molecule has 0 spiro atoms. The van der Waals surface area contributed by atoms with Gasteiger partial charge in [0.25, 0.3) is 0 Å². The van der Waals surface area contributed by atoms with E-state index in [1.54, 1.807) is 6.92 Å². The summed E-state index contributed by atoms with van der Waals surface area (Å²) in [5.41, 5.74) is 0.0336. The van der Waals surface area contributed by atoms with Crippen LogP contribution in [0.4, 0.5) is 0 Å². The lowest BCUT2D eigenvalue weighted by Gasteiger charge is -2.45. The Labute approximate surface area is 97.8 Å². The van der Waals surface area contributed by atoms with Crippen LogP contribution in [0.3, 0.4) is 0 Å². The van der Waals surface area contributed by atoms with Crippen molar-refractivity contribution >= 4 is 17.8 Å². The number of nitrogens with zero attached hydrogens (tertiary/aromatic N) is 1. The van der Waals surface area contributed by atoms with Crippen LogP contribution in [0.2, 0.25) is 0 Å². The number of hydrogen-bond acceptors (Lipinski definition) is 4. The van der Waals surface area contributed by atoms with Gasteiger partial charge in [0.2, 0.25) is 5.91 Å². The second-order valence-electron chi connectivity index (χ2n) is 4.25. The molecule has 0 aromatic heterocycles. The summed E-state index contributed by atoms with van der Waals surface area (Å²) in [5.74, 6) is -2.24. The fourth-order valence-corrected chi connectivity index (χ4v) is 2.49. The zero-order valence-corrected chi connectivity index (χ0v) is 9.54. The van der Waals surface area contributed by atoms with Crippen molar-refractivity contribution in [2.75, 3.05) is 0 Å². The number of amides is 1. The number of hydrogen-bond donors (Lipinski definition) is 1. The number of carbonyl (C=O) groups excluding carboxylic acids is 2. The number of fused-ring (bicyclic) bond motifs is 1. The van der Waals surface area contributed by atoms with Crippen molar-refractivity contribution in [3.8, 4) is 0 Å². The summed E-state index contributed by atoms with van der Waals surface area (Å²) >= 11 is 0. The van der Waals surface area contributed by atoms with E-state index in [2.05, 4.69) is 0 Å². The fraction of sp³-hybridized carbons (Fsp3) is 0.545. The average molecular weight is 239 g/mol. The lowest BCUT2D eigenvalue weighted by molar-refractivity contribution is -0.169. The van der Waals surface area contributed by atoms with E-state index in [-0.39, 0.29) is 17.6 Å². The number of aliphatic carboxylic acids is 1. The van der Waals surface area contributed by atoms with Gasteiger partial charge in [-0.2, -0.15) is 0 Å². The lowest BCUT2D eigenvalue weighted by atomic mass is 9.83. The number of esters is 1. The molecule has 0 aliphatic carbocycles. The third kappa shape index (κ3) is 1.69. The molecule has 92 valence electrons. The monoisotopic (exact) mass is 239 g/mol. The van der Waals surface area contributed by atoms with Crippen molar-refractivity contribution in [3.05, 3.63) is 11.8 Å². The molecule has 17 heavy (non-hydrogen) atoms. The summed E-state index contributed by atoms with van der Waals surface area (Å²) in [6, 6.07) is -0.178. The topological polar surface area (TPSA) is 83.9 Å². The number of rotatable bonds is 3. The van der Waals surface area contributed by atoms with Crippen LogP contribution >= 0.6 is 0 Å². The molecule has 6 nitrogen and oxygen atoms in total. The van der Waals surface area contributed by atoms with Gasteiger partial charge in [-0.25, -0.2) is 4.79 Å². The Kier molecular flexibility index (Phi) is 2.65. The Hall–Kier alpha value is -1.85. The minimum atomic E-state index is -1.10. The van der Waals surface area contributed by atoms with Crippen LogP contribution in [-0.4, -0.2) is 40.0 Å². The molecule has 2 heterocycles. The van der Waals surface area contributed by atoms with Crippen LogP contribution in [0, 0.1) is 5.92 Å². The number of carbonyl (C=O) groups is 3. The lowest BCUT2D eigenvalue weighted by Crippen LogP contribution is -2.62. The molecule has 1 fully saturated rings. The van der Waals surface area contributed by atoms with Gasteiger partial charge in [0.15, 0.2) is 0 Å². The molecular weight excluding hydrogens is 226 g/mol. The van der Waals surface area contributed by atoms with Crippen LogP contribution in [0.25, 0.3) is 0 Å². The highest BCUT2D eigenvalue weighted by Gasteiger charge is 2.55. The average Bonchev–Trinajstić information content (AvgIpc) is 2.55. The summed E-state index contributed by atoms with van der Waals surface area (Å²) in [6.07, 6.45) is 1.53. The largest absolute Gasteiger partial charge is 0.477 e. The van der Waals surface area contributed by atoms with Gasteiger partial charge in [0.05, 0.1) is 12.0 Å². The molecule has 3 atom stereocenters. The van der Waals surface area contributed by atoms with E-state index in [1.807, 2.05) is 0 Å². The summed E-state index contributed by atoms with van der Waals surface area (Å²) in [7, 11) is 0. The molecule has 2 rings (SSSR count). The summed E-state index contributed by atoms with van der Waals surface area (Å²) in [4.78, 5) is 34.7. The van der Waals surface area contributed by atoms with E-state index in [0.29, 0.717) is 6.42 Å². The van der Waals surface area contributed by atoms with Crippen molar-refractivity contribution < 1.29 is 24.2 Å². The molecule has 1 saturated heterocycles. The number of ether oxygens (including phenoxy) is 1. The van der Waals surface area contributed by atoms with E-state index in [1.165, 1.54) is 17.9 Å². The van der Waals surface area contributed by atoms with E-state index < -0.39 is 24.0 Å². The maximum Gasteiger partial charge on any atom is 0.352 e. The van der Waals surface area contributed by atoms with Gasteiger partial charge in [-0.05, 0) is 13.3 Å². The molecule has 3 unspecified atom stereocenters. The molecule has 0 saturated carbocycles. The van der Waals surface area contributed by atoms with Crippen LogP contribution in [0.15, 0.2) is 11.8 Å². The Balaban J connectivity index is 2.07. The van der Waals surface area contributed by atoms with Gasteiger partial charge in [-0.1, -0.05) is 6.08 Å². The van der Waals surface area contributed by atoms with Gasteiger partial charge in [0, 0.05) is 6.92 Å². The van der Waals surface area contributed by atoms with Gasteiger partial charge in [-0.15, -0.1) is 0 Å². The van der Waals surface area contributed by atoms with Crippen LogP contribution in [-0.2, 0) is 19.1 Å². The predicted molar refractivity (Wildman–Crippen MR) is 55.7 cm³/mol. The first-order valence-electron chi connectivity index (χ1n) is 5.37. The normalized spacial score (nSPS) is 28.0. The van der Waals surface area contributed by atoms with Gasteiger partial charge >= 0.3 is 11.9 Å². The highest BCUT2D eigenvalue weighted by Crippen LogP contribution is 2.40. The quantitative estimate of drug-likeness (QED) is 0.559. The third-order valence-corrected chi connectivity index (χ3v) is 3.16. The van der Waals surface area contributed by atoms with Gasteiger partial charge < -0.3 is 14.7 Å². The van der Waals surface area contributed by atoms with Crippen LogP contribution in [0.5, 0.6) is 0 Å². The smallest absolute Gasteiger partial charge is 0.352 e. The highest BCUT2D eigenvalue weighted by atomic mass is 16.5. The van der Waals surface area contributed by atoms with E-state index in [9.17, 15) is 14.4 Å². The summed E-state index contributed by atoms with van der Waals surface area (Å²) in [6.45, 7) is 2.94. The molecule has 0 bridgehead atoms. The van der Waals surface area contributed by atoms with Crippen LogP contribution in [0.1, 0.15) is 20.3 Å². The Morgan fingerprint density at radius 1 is 1.59 bits per heavy atom. The number of carboxylic acids is 1. The highest BCUT2D eigenvalue weighted by molar-refractivity contribution is 5.99. The Morgan fingerprint density at radius 3 is 2.76 bits per heavy atom. The molecule has 0 radical (unpaired) electrons. The molecule has 6 heteroatoms. The van der Waals surface area contributed by atoms with Crippen molar-refractivity contribution in [1.82, 2.24) is 4.90 Å². The maximum atomic E-state index is 11.8. The molecule has 2 aliphatic rings. The fourth-order valence-electron chi connectivity index (χ4n) is 2.49. The molecule has 0 aromatic rings. The summed E-state index contributed by atoms with van der Waals surface area (Å²) in [5, 5.41) is 8.88. The SMILES string of the molecule is CC(=O)OC(C)C1C(=O)N2C(C(=O)O)=CCC12. The Bertz CT molecular complexity index is 428. The molecule has 1 amide bonds. The molecule has 2 aliphatic heterocycles. The van der Waals surface area contributed by atoms with Crippen LogP contribution < -0.4 is 0 Å². The van der Waals surface area contributed by atoms with Crippen molar-refractivity contribution in [1.29, 1.82) is 0 Å². The first kappa shape index (κ1) is 11.6. The predicted octanol–water partition coefficient (Wildman–Crippen LogP) is 0.137. The van der Waals surface area contributed by atoms with Crippen molar-refractivity contribution in [2.24, 2.45) is 5.92 Å². The number of carboxylic acid groups (broad SMARTS) is 1. The first-order chi connectivity index (χ1) is 7.93. The minimum absolute atomic E-state index is 0.0336.